The first-order valence-corrected chi connectivity index (χ1v) is 7.78. The Balaban J connectivity index is 1.98. The molecule has 2 rings (SSSR count). The molecule has 1 aromatic carbocycles. The molecule has 1 heterocycles. The van der Waals surface area contributed by atoms with Crippen molar-refractivity contribution in [2.45, 2.75) is 26.8 Å². The molecule has 0 saturated carbocycles. The molecule has 5 heteroatoms. The summed E-state index contributed by atoms with van der Waals surface area (Å²) in [6.07, 6.45) is 0.325. The van der Waals surface area contributed by atoms with Crippen LogP contribution in [0.1, 0.15) is 25.8 Å². The fourth-order valence-corrected chi connectivity index (χ4v) is 2.84. The number of likely N-dealkylation sites (tertiary alicyclic amines) is 1. The van der Waals surface area contributed by atoms with Crippen molar-refractivity contribution in [1.82, 2.24) is 9.80 Å². The molecular weight excluding hydrogens is 280 g/mol. The Labute approximate surface area is 131 Å². The molecule has 1 fully saturated rings. The van der Waals surface area contributed by atoms with Crippen molar-refractivity contribution in [3.05, 3.63) is 29.8 Å². The smallest absolute Gasteiger partial charge is 0.227 e. The molecule has 22 heavy (non-hydrogen) atoms. The van der Waals surface area contributed by atoms with Gasteiger partial charge in [0.2, 0.25) is 11.8 Å². The minimum Gasteiger partial charge on any atom is -0.497 e. The molecule has 0 N–H and O–H groups in total. The van der Waals surface area contributed by atoms with Gasteiger partial charge >= 0.3 is 0 Å². The van der Waals surface area contributed by atoms with Crippen molar-refractivity contribution in [2.24, 2.45) is 5.92 Å². The van der Waals surface area contributed by atoms with Crippen LogP contribution >= 0.6 is 0 Å². The van der Waals surface area contributed by atoms with E-state index in [1.54, 1.807) is 16.9 Å². The summed E-state index contributed by atoms with van der Waals surface area (Å²) in [6, 6.07) is 7.67. The van der Waals surface area contributed by atoms with Crippen LogP contribution in [0.15, 0.2) is 24.3 Å². The molecule has 0 aromatic heterocycles. The van der Waals surface area contributed by atoms with E-state index < -0.39 is 0 Å². The van der Waals surface area contributed by atoms with Crippen molar-refractivity contribution >= 4 is 11.8 Å². The van der Waals surface area contributed by atoms with Crippen LogP contribution in [0, 0.1) is 5.92 Å². The maximum absolute atomic E-state index is 12.4. The number of carbonyl (C=O) groups excluding carboxylic acids is 2. The summed E-state index contributed by atoms with van der Waals surface area (Å²) in [6.45, 7) is 6.38. The Morgan fingerprint density at radius 1 is 1.27 bits per heavy atom. The Morgan fingerprint density at radius 3 is 2.45 bits per heavy atom. The van der Waals surface area contributed by atoms with Gasteiger partial charge in [-0.1, -0.05) is 12.1 Å². The lowest BCUT2D eigenvalue weighted by Crippen LogP contribution is -2.37. The monoisotopic (exact) mass is 304 g/mol. The summed E-state index contributed by atoms with van der Waals surface area (Å²) in [5.74, 6) is 0.744. The van der Waals surface area contributed by atoms with Crippen molar-refractivity contribution in [1.29, 1.82) is 0 Å². The highest BCUT2D eigenvalue weighted by Gasteiger charge is 2.35. The average molecular weight is 304 g/mol. The van der Waals surface area contributed by atoms with Crippen LogP contribution in [0.2, 0.25) is 0 Å². The van der Waals surface area contributed by atoms with E-state index in [1.165, 1.54) is 0 Å². The first-order chi connectivity index (χ1) is 10.6. The summed E-state index contributed by atoms with van der Waals surface area (Å²) < 4.78 is 5.13. The van der Waals surface area contributed by atoms with E-state index in [0.29, 0.717) is 32.6 Å². The van der Waals surface area contributed by atoms with Crippen LogP contribution in [-0.4, -0.2) is 48.4 Å². The van der Waals surface area contributed by atoms with Gasteiger partial charge in [-0.05, 0) is 31.5 Å². The Bertz CT molecular complexity index is 523. The molecule has 2 amide bonds. The summed E-state index contributed by atoms with van der Waals surface area (Å²) >= 11 is 0. The van der Waals surface area contributed by atoms with Gasteiger partial charge in [-0.2, -0.15) is 0 Å². The number of rotatable bonds is 6. The SMILES string of the molecule is CCN(CC)C(=O)[C@H]1CC(=O)N(Cc2ccc(OC)cc2)C1. The third-order valence-electron chi connectivity index (χ3n) is 4.17. The highest BCUT2D eigenvalue weighted by molar-refractivity contribution is 5.89. The van der Waals surface area contributed by atoms with E-state index in [9.17, 15) is 9.59 Å². The average Bonchev–Trinajstić information content (AvgIpc) is 2.90. The van der Waals surface area contributed by atoms with Crippen LogP contribution in [0.4, 0.5) is 0 Å². The Hall–Kier alpha value is -2.04. The maximum atomic E-state index is 12.4. The Morgan fingerprint density at radius 2 is 1.91 bits per heavy atom. The van der Waals surface area contributed by atoms with Crippen LogP contribution in [0.3, 0.4) is 0 Å². The highest BCUT2D eigenvalue weighted by Crippen LogP contribution is 2.23. The van der Waals surface area contributed by atoms with E-state index in [-0.39, 0.29) is 17.7 Å². The molecule has 0 unspecified atom stereocenters. The fraction of sp³-hybridized carbons (Fsp3) is 0.529. The molecule has 1 atom stereocenters. The van der Waals surface area contributed by atoms with Crippen LogP contribution in [-0.2, 0) is 16.1 Å². The second-order valence-corrected chi connectivity index (χ2v) is 5.53. The number of amides is 2. The second kappa shape index (κ2) is 7.29. The lowest BCUT2D eigenvalue weighted by molar-refractivity contribution is -0.135. The summed E-state index contributed by atoms with van der Waals surface area (Å²) in [5.41, 5.74) is 1.05. The fourth-order valence-electron chi connectivity index (χ4n) is 2.84. The molecule has 1 aliphatic heterocycles. The quantitative estimate of drug-likeness (QED) is 0.806. The zero-order chi connectivity index (χ0) is 16.1. The van der Waals surface area contributed by atoms with Crippen LogP contribution in [0.5, 0.6) is 5.75 Å². The molecule has 5 nitrogen and oxygen atoms in total. The molecule has 0 bridgehead atoms. The molecular formula is C17H24N2O3. The first-order valence-electron chi connectivity index (χ1n) is 7.78. The van der Waals surface area contributed by atoms with Crippen LogP contribution in [0.25, 0.3) is 0 Å². The summed E-state index contributed by atoms with van der Waals surface area (Å²) in [5, 5.41) is 0. The molecule has 1 aliphatic rings. The lowest BCUT2D eigenvalue weighted by atomic mass is 10.1. The van der Waals surface area contributed by atoms with Crippen LogP contribution < -0.4 is 4.74 Å². The van der Waals surface area contributed by atoms with Gasteiger partial charge in [0.05, 0.1) is 13.0 Å². The normalized spacial score (nSPS) is 17.7. The summed E-state index contributed by atoms with van der Waals surface area (Å²) in [7, 11) is 1.63. The topological polar surface area (TPSA) is 49.9 Å². The van der Waals surface area contributed by atoms with E-state index in [1.807, 2.05) is 38.1 Å². The molecule has 1 aromatic rings. The van der Waals surface area contributed by atoms with E-state index in [4.69, 9.17) is 4.74 Å². The minimum absolute atomic E-state index is 0.0568. The van der Waals surface area contributed by atoms with Gasteiger partial charge < -0.3 is 14.5 Å². The molecule has 0 aliphatic carbocycles. The van der Waals surface area contributed by atoms with Gasteiger partial charge in [0.15, 0.2) is 0 Å². The van der Waals surface area contributed by atoms with Crippen molar-refractivity contribution in [3.8, 4) is 5.75 Å². The standard InChI is InChI=1S/C17H24N2O3/c1-4-18(5-2)17(21)14-10-16(20)19(12-14)11-13-6-8-15(22-3)9-7-13/h6-9,14H,4-5,10-12H2,1-3H3/t14-/m0/s1. The Kier molecular flexibility index (Phi) is 5.41. The summed E-state index contributed by atoms with van der Waals surface area (Å²) in [4.78, 5) is 28.1. The van der Waals surface area contributed by atoms with E-state index in [2.05, 4.69) is 0 Å². The van der Waals surface area contributed by atoms with Gasteiger partial charge in [-0.15, -0.1) is 0 Å². The minimum atomic E-state index is -0.203. The highest BCUT2D eigenvalue weighted by atomic mass is 16.5. The number of ether oxygens (including phenoxy) is 1. The van der Waals surface area contributed by atoms with Gasteiger partial charge in [0, 0.05) is 32.6 Å². The van der Waals surface area contributed by atoms with Crippen molar-refractivity contribution < 1.29 is 14.3 Å². The van der Waals surface area contributed by atoms with Crippen molar-refractivity contribution in [3.63, 3.8) is 0 Å². The van der Waals surface area contributed by atoms with Crippen molar-refractivity contribution in [2.75, 3.05) is 26.7 Å². The largest absolute Gasteiger partial charge is 0.497 e. The van der Waals surface area contributed by atoms with Gasteiger partial charge in [0.25, 0.3) is 0 Å². The maximum Gasteiger partial charge on any atom is 0.227 e. The molecule has 0 radical (unpaired) electrons. The number of hydrogen-bond acceptors (Lipinski definition) is 3. The van der Waals surface area contributed by atoms with E-state index in [0.717, 1.165) is 11.3 Å². The van der Waals surface area contributed by atoms with E-state index >= 15 is 0 Å². The zero-order valence-corrected chi connectivity index (χ0v) is 13.5. The predicted octanol–water partition coefficient (Wildman–Crippen LogP) is 1.91. The van der Waals surface area contributed by atoms with Gasteiger partial charge in [-0.25, -0.2) is 0 Å². The third-order valence-corrected chi connectivity index (χ3v) is 4.17. The predicted molar refractivity (Wildman–Crippen MR) is 84.4 cm³/mol. The number of methoxy groups -OCH3 is 1. The van der Waals surface area contributed by atoms with Gasteiger partial charge in [-0.3, -0.25) is 9.59 Å². The number of carbonyl (C=O) groups is 2. The first kappa shape index (κ1) is 16.3. The zero-order valence-electron chi connectivity index (χ0n) is 13.5. The second-order valence-electron chi connectivity index (χ2n) is 5.53. The number of nitrogens with zero attached hydrogens (tertiary/aromatic N) is 2. The molecule has 120 valence electrons. The molecule has 0 spiro atoms. The molecule has 1 saturated heterocycles. The van der Waals surface area contributed by atoms with Gasteiger partial charge in [0.1, 0.15) is 5.75 Å². The lowest BCUT2D eigenvalue weighted by Gasteiger charge is -2.22. The number of benzene rings is 1. The number of hydrogen-bond donors (Lipinski definition) is 0. The third kappa shape index (κ3) is 3.59.